The van der Waals surface area contributed by atoms with Crippen molar-refractivity contribution in [3.05, 3.63) is 29.8 Å². The molecule has 4 aliphatic rings. The predicted octanol–water partition coefficient (Wildman–Crippen LogP) is 3.51. The Bertz CT molecular complexity index is 579. The predicted molar refractivity (Wildman–Crippen MR) is 91.7 cm³/mol. The molecule has 2 atom stereocenters. The summed E-state index contributed by atoms with van der Waals surface area (Å²) in [5, 5.41) is 3.92. The molecule has 3 fully saturated rings. The number of para-hydroxylation sites is 1. The summed E-state index contributed by atoms with van der Waals surface area (Å²) in [5.74, 6) is 1.96. The molecule has 0 unspecified atom stereocenters. The fourth-order valence-corrected chi connectivity index (χ4v) is 4.79. The molecule has 2 heterocycles. The van der Waals surface area contributed by atoms with Gasteiger partial charge in [-0.15, -0.1) is 0 Å². The largest absolute Gasteiger partial charge is 0.487 e. The molecule has 1 aromatic carbocycles. The first kappa shape index (κ1) is 14.3. The van der Waals surface area contributed by atoms with Crippen molar-refractivity contribution in [3.63, 3.8) is 0 Å². The SMILES string of the molecule is c1ccc2c(c1)OC1(CCC1)C[C@H]2NC[C@@H]1CCN(C2CC2)C1. The second-order valence-corrected chi connectivity index (χ2v) is 8.22. The molecule has 1 saturated heterocycles. The van der Waals surface area contributed by atoms with E-state index in [1.54, 1.807) is 0 Å². The zero-order valence-corrected chi connectivity index (χ0v) is 14.0. The molecule has 2 aliphatic carbocycles. The van der Waals surface area contributed by atoms with E-state index >= 15 is 0 Å². The highest BCUT2D eigenvalue weighted by Gasteiger charge is 2.45. The Balaban J connectivity index is 1.26. The number of hydrogen-bond acceptors (Lipinski definition) is 3. The first-order chi connectivity index (χ1) is 11.3. The molecule has 124 valence electrons. The summed E-state index contributed by atoms with van der Waals surface area (Å²) in [6.07, 6.45) is 9.21. The third kappa shape index (κ3) is 2.68. The Labute approximate surface area is 139 Å². The van der Waals surface area contributed by atoms with Crippen LogP contribution >= 0.6 is 0 Å². The van der Waals surface area contributed by atoms with E-state index in [2.05, 4.69) is 34.5 Å². The standard InChI is InChI=1S/C20H28N2O/c1-2-5-19-17(4-1)18(12-20(23-19)9-3-10-20)21-13-15-8-11-22(14-15)16-6-7-16/h1-2,4-5,15-16,18,21H,3,6-14H2/t15-,18+/m0/s1. The first-order valence-electron chi connectivity index (χ1n) is 9.57. The molecule has 0 amide bonds. The van der Waals surface area contributed by atoms with Gasteiger partial charge in [0, 0.05) is 30.6 Å². The number of nitrogens with zero attached hydrogens (tertiary/aromatic N) is 1. The summed E-state index contributed by atoms with van der Waals surface area (Å²) >= 11 is 0. The van der Waals surface area contributed by atoms with Crippen molar-refractivity contribution in [1.29, 1.82) is 0 Å². The van der Waals surface area contributed by atoms with Crippen LogP contribution in [-0.4, -0.2) is 36.2 Å². The summed E-state index contributed by atoms with van der Waals surface area (Å²) in [6, 6.07) is 10.1. The molecule has 0 radical (unpaired) electrons. The Morgan fingerprint density at radius 1 is 1.17 bits per heavy atom. The molecule has 2 saturated carbocycles. The van der Waals surface area contributed by atoms with Crippen LogP contribution in [0.1, 0.15) is 56.6 Å². The lowest BCUT2D eigenvalue weighted by molar-refractivity contribution is -0.0371. The molecule has 2 aliphatic heterocycles. The van der Waals surface area contributed by atoms with Gasteiger partial charge in [-0.1, -0.05) is 18.2 Å². The quantitative estimate of drug-likeness (QED) is 0.921. The minimum absolute atomic E-state index is 0.141. The maximum atomic E-state index is 6.37. The van der Waals surface area contributed by atoms with Crippen molar-refractivity contribution in [2.75, 3.05) is 19.6 Å². The smallest absolute Gasteiger partial charge is 0.124 e. The van der Waals surface area contributed by atoms with E-state index in [9.17, 15) is 0 Å². The number of ether oxygens (including phenoxy) is 1. The van der Waals surface area contributed by atoms with Crippen molar-refractivity contribution >= 4 is 0 Å². The van der Waals surface area contributed by atoms with E-state index in [1.807, 2.05) is 0 Å². The minimum Gasteiger partial charge on any atom is -0.487 e. The third-order valence-corrected chi connectivity index (χ3v) is 6.50. The molecule has 0 bridgehead atoms. The molecular weight excluding hydrogens is 284 g/mol. The Morgan fingerprint density at radius 3 is 2.83 bits per heavy atom. The highest BCUT2D eigenvalue weighted by Crippen LogP contribution is 2.48. The number of hydrogen-bond donors (Lipinski definition) is 1. The van der Waals surface area contributed by atoms with Gasteiger partial charge in [0.05, 0.1) is 0 Å². The second kappa shape index (κ2) is 5.49. The normalized spacial score (nSPS) is 32.3. The number of nitrogens with one attached hydrogen (secondary N) is 1. The lowest BCUT2D eigenvalue weighted by Gasteiger charge is -2.48. The molecule has 3 heteroatoms. The molecule has 1 aromatic rings. The maximum absolute atomic E-state index is 6.37. The number of fused-ring (bicyclic) bond motifs is 1. The van der Waals surface area contributed by atoms with Crippen molar-refractivity contribution in [2.24, 2.45) is 5.92 Å². The Kier molecular flexibility index (Phi) is 3.41. The number of rotatable bonds is 4. The van der Waals surface area contributed by atoms with Crippen molar-refractivity contribution in [2.45, 2.75) is 62.6 Å². The molecular formula is C20H28N2O. The summed E-state index contributed by atoms with van der Waals surface area (Å²) in [7, 11) is 0. The fraction of sp³-hybridized carbons (Fsp3) is 0.700. The van der Waals surface area contributed by atoms with Crippen LogP contribution < -0.4 is 10.1 Å². The third-order valence-electron chi connectivity index (χ3n) is 6.50. The van der Waals surface area contributed by atoms with Crippen LogP contribution in [0.3, 0.4) is 0 Å². The summed E-state index contributed by atoms with van der Waals surface area (Å²) in [5.41, 5.74) is 1.52. The van der Waals surface area contributed by atoms with Crippen LogP contribution in [0, 0.1) is 5.92 Å². The van der Waals surface area contributed by atoms with Gasteiger partial charge in [-0.25, -0.2) is 0 Å². The van der Waals surface area contributed by atoms with Crippen LogP contribution in [0.5, 0.6) is 5.75 Å². The van der Waals surface area contributed by atoms with E-state index in [0.717, 1.165) is 30.7 Å². The van der Waals surface area contributed by atoms with Gasteiger partial charge in [0.2, 0.25) is 0 Å². The van der Waals surface area contributed by atoms with E-state index < -0.39 is 0 Å². The highest BCUT2D eigenvalue weighted by atomic mass is 16.5. The van der Waals surface area contributed by atoms with E-state index in [-0.39, 0.29) is 5.60 Å². The number of likely N-dealkylation sites (tertiary alicyclic amines) is 1. The van der Waals surface area contributed by atoms with Gasteiger partial charge in [0.15, 0.2) is 0 Å². The average molecular weight is 312 g/mol. The lowest BCUT2D eigenvalue weighted by atomic mass is 9.73. The van der Waals surface area contributed by atoms with Gasteiger partial charge in [0.25, 0.3) is 0 Å². The van der Waals surface area contributed by atoms with Crippen LogP contribution in [0.4, 0.5) is 0 Å². The van der Waals surface area contributed by atoms with E-state index in [1.165, 1.54) is 57.2 Å². The molecule has 0 aromatic heterocycles. The van der Waals surface area contributed by atoms with Gasteiger partial charge in [-0.2, -0.15) is 0 Å². The van der Waals surface area contributed by atoms with Gasteiger partial charge in [0.1, 0.15) is 11.4 Å². The fourth-order valence-electron chi connectivity index (χ4n) is 4.79. The van der Waals surface area contributed by atoms with Crippen LogP contribution in [0.2, 0.25) is 0 Å². The molecule has 1 N–H and O–H groups in total. The highest BCUT2D eigenvalue weighted by molar-refractivity contribution is 5.39. The van der Waals surface area contributed by atoms with Crippen LogP contribution in [0.15, 0.2) is 24.3 Å². The zero-order valence-electron chi connectivity index (χ0n) is 14.0. The van der Waals surface area contributed by atoms with E-state index in [0.29, 0.717) is 6.04 Å². The number of benzene rings is 1. The van der Waals surface area contributed by atoms with E-state index in [4.69, 9.17) is 4.74 Å². The summed E-state index contributed by atoms with van der Waals surface area (Å²) in [6.45, 7) is 3.80. The Morgan fingerprint density at radius 2 is 2.04 bits per heavy atom. The van der Waals surface area contributed by atoms with Gasteiger partial charge >= 0.3 is 0 Å². The average Bonchev–Trinajstić information content (AvgIpc) is 3.29. The van der Waals surface area contributed by atoms with Crippen molar-refractivity contribution in [1.82, 2.24) is 10.2 Å². The van der Waals surface area contributed by atoms with Gasteiger partial charge in [-0.05, 0) is 63.6 Å². The molecule has 23 heavy (non-hydrogen) atoms. The summed E-state index contributed by atoms with van der Waals surface area (Å²) in [4.78, 5) is 2.72. The molecule has 5 rings (SSSR count). The van der Waals surface area contributed by atoms with Gasteiger partial charge < -0.3 is 15.0 Å². The summed E-state index contributed by atoms with van der Waals surface area (Å²) < 4.78 is 6.37. The molecule has 3 nitrogen and oxygen atoms in total. The lowest BCUT2D eigenvalue weighted by Crippen LogP contribution is -2.49. The first-order valence-corrected chi connectivity index (χ1v) is 9.57. The maximum Gasteiger partial charge on any atom is 0.124 e. The topological polar surface area (TPSA) is 24.5 Å². The minimum atomic E-state index is 0.141. The van der Waals surface area contributed by atoms with Crippen LogP contribution in [-0.2, 0) is 0 Å². The van der Waals surface area contributed by atoms with Crippen molar-refractivity contribution < 1.29 is 4.74 Å². The van der Waals surface area contributed by atoms with Gasteiger partial charge in [-0.3, -0.25) is 0 Å². The second-order valence-electron chi connectivity index (χ2n) is 8.22. The van der Waals surface area contributed by atoms with Crippen LogP contribution in [0.25, 0.3) is 0 Å². The van der Waals surface area contributed by atoms with Crippen molar-refractivity contribution in [3.8, 4) is 5.75 Å². The Hall–Kier alpha value is -1.06. The zero-order chi connectivity index (χ0) is 15.3. The molecule has 1 spiro atoms. The monoisotopic (exact) mass is 312 g/mol.